The monoisotopic (exact) mass is 249 g/mol. The molecule has 6 heteroatoms. The summed E-state index contributed by atoms with van der Waals surface area (Å²) in [6, 6.07) is 0. The molecule has 1 saturated heterocycles. The summed E-state index contributed by atoms with van der Waals surface area (Å²) in [5, 5.41) is 9.63. The molecule has 90 valence electrons. The lowest BCUT2D eigenvalue weighted by Gasteiger charge is -2.21. The highest BCUT2D eigenvalue weighted by molar-refractivity contribution is 7.14. The fourth-order valence-corrected chi connectivity index (χ4v) is 3.96. The molecule has 0 radical (unpaired) electrons. The maximum Gasteiger partial charge on any atom is 0.107 e. The molecule has 3 aliphatic rings. The largest absolute Gasteiger partial charge is 0.386 e. The molecule has 5 nitrogen and oxygen atoms in total. The third-order valence-electron chi connectivity index (χ3n) is 3.51. The molecule has 0 amide bonds. The average molecular weight is 249 g/mol. The first-order chi connectivity index (χ1) is 8.43. The van der Waals surface area contributed by atoms with Crippen molar-refractivity contribution in [3.05, 3.63) is 15.3 Å². The molecular weight excluding hydrogens is 234 g/mol. The van der Waals surface area contributed by atoms with Crippen LogP contribution in [0.4, 0.5) is 5.00 Å². The highest BCUT2D eigenvalue weighted by Gasteiger charge is 2.29. The van der Waals surface area contributed by atoms with E-state index < -0.39 is 0 Å². The number of hydrogen-bond acceptors (Lipinski definition) is 6. The topological polar surface area (TPSA) is 51.4 Å². The average Bonchev–Trinajstić information content (AvgIpc) is 2.91. The Hall–Kier alpha value is -1.08. The molecule has 3 aliphatic heterocycles. The van der Waals surface area contributed by atoms with Gasteiger partial charge in [-0.05, 0) is 5.22 Å². The molecule has 0 spiro atoms. The summed E-state index contributed by atoms with van der Waals surface area (Å²) in [5.41, 5.74) is 7.98. The molecule has 0 aromatic carbocycles. The van der Waals surface area contributed by atoms with Gasteiger partial charge in [-0.3, -0.25) is 0 Å². The number of hydrazine groups is 1. The van der Waals surface area contributed by atoms with Crippen LogP contribution >= 0.6 is 11.3 Å². The van der Waals surface area contributed by atoms with Gasteiger partial charge in [0.1, 0.15) is 6.17 Å². The van der Waals surface area contributed by atoms with Crippen molar-refractivity contribution in [2.45, 2.75) is 12.7 Å². The Labute approximate surface area is 103 Å². The lowest BCUT2D eigenvalue weighted by molar-refractivity contribution is 0.517. The normalized spacial score (nSPS) is 25.9. The van der Waals surface area contributed by atoms with Crippen molar-refractivity contribution in [3.8, 4) is 0 Å². The third kappa shape index (κ3) is 1.42. The van der Waals surface area contributed by atoms with Crippen molar-refractivity contribution in [2.24, 2.45) is 0 Å². The number of fused-ring (bicyclic) bond motifs is 5. The third-order valence-corrected chi connectivity index (χ3v) is 4.74. The van der Waals surface area contributed by atoms with Crippen molar-refractivity contribution in [1.29, 1.82) is 0 Å². The minimum Gasteiger partial charge on any atom is -0.386 e. The van der Waals surface area contributed by atoms with Crippen LogP contribution in [0.2, 0.25) is 0 Å². The smallest absolute Gasteiger partial charge is 0.107 e. The molecule has 4 N–H and O–H groups in total. The zero-order chi connectivity index (χ0) is 11.2. The summed E-state index contributed by atoms with van der Waals surface area (Å²) in [5.74, 6) is 0. The molecule has 17 heavy (non-hydrogen) atoms. The number of nitrogens with zero attached hydrogens (tertiary/aromatic N) is 1. The summed E-state index contributed by atoms with van der Waals surface area (Å²) >= 11 is 1.88. The minimum atomic E-state index is 0.365. The summed E-state index contributed by atoms with van der Waals surface area (Å²) in [4.78, 5) is 2.42. The first kappa shape index (κ1) is 9.90. The predicted octanol–water partition coefficient (Wildman–Crippen LogP) is -1.83. The van der Waals surface area contributed by atoms with Crippen molar-refractivity contribution in [3.63, 3.8) is 0 Å². The summed E-state index contributed by atoms with van der Waals surface area (Å²) in [6.07, 6.45) is 4.80. The highest BCUT2D eigenvalue weighted by atomic mass is 32.1. The van der Waals surface area contributed by atoms with Crippen molar-refractivity contribution in [2.75, 3.05) is 24.7 Å². The molecule has 0 bridgehead atoms. The second-order valence-corrected chi connectivity index (χ2v) is 5.55. The quantitative estimate of drug-likeness (QED) is 0.436. The van der Waals surface area contributed by atoms with Crippen LogP contribution in [-0.2, 0) is 6.54 Å². The molecule has 1 aromatic rings. The number of thiophene rings is 1. The fourth-order valence-electron chi connectivity index (χ4n) is 2.68. The van der Waals surface area contributed by atoms with Gasteiger partial charge >= 0.3 is 0 Å². The van der Waals surface area contributed by atoms with E-state index in [1.54, 1.807) is 0 Å². The summed E-state index contributed by atoms with van der Waals surface area (Å²) < 4.78 is 1.36. The number of hydrogen-bond donors (Lipinski definition) is 4. The van der Waals surface area contributed by atoms with Crippen LogP contribution in [0.3, 0.4) is 0 Å². The highest BCUT2D eigenvalue weighted by Crippen LogP contribution is 2.26. The van der Waals surface area contributed by atoms with E-state index in [2.05, 4.69) is 38.7 Å². The van der Waals surface area contributed by atoms with Crippen molar-refractivity contribution >= 4 is 28.6 Å². The standard InChI is InChI=1S/C11H15N5S/c1-2-12-4-9-7(1)8-3-13-5-10-15-14-6-16(10)11(8)17-9/h1,4,10,12-15H,2-3,5-6H2. The first-order valence-electron chi connectivity index (χ1n) is 5.95. The van der Waals surface area contributed by atoms with E-state index in [1.165, 1.54) is 20.3 Å². The van der Waals surface area contributed by atoms with E-state index in [1.807, 2.05) is 11.3 Å². The molecule has 0 saturated carbocycles. The van der Waals surface area contributed by atoms with Gasteiger partial charge in [-0.15, -0.1) is 11.3 Å². The number of nitrogens with one attached hydrogen (secondary N) is 4. The Morgan fingerprint density at radius 3 is 3.41 bits per heavy atom. The molecule has 1 atom stereocenters. The maximum absolute atomic E-state index is 3.52. The minimum absolute atomic E-state index is 0.365. The zero-order valence-electron chi connectivity index (χ0n) is 9.42. The van der Waals surface area contributed by atoms with Gasteiger partial charge in [0, 0.05) is 31.4 Å². The second-order valence-electron chi connectivity index (χ2n) is 4.52. The molecule has 1 unspecified atom stereocenters. The molecule has 0 aliphatic carbocycles. The summed E-state index contributed by atoms with van der Waals surface area (Å²) in [6.45, 7) is 3.77. The number of rotatable bonds is 0. The van der Waals surface area contributed by atoms with Gasteiger partial charge < -0.3 is 15.5 Å². The van der Waals surface area contributed by atoms with E-state index in [9.17, 15) is 0 Å². The summed E-state index contributed by atoms with van der Waals surface area (Å²) in [7, 11) is 0. The van der Waals surface area contributed by atoms with Crippen molar-refractivity contribution in [1.82, 2.24) is 21.5 Å². The lowest BCUT2D eigenvalue weighted by atomic mass is 10.2. The van der Waals surface area contributed by atoms with E-state index in [0.717, 1.165) is 26.3 Å². The Bertz CT molecular complexity index is 563. The van der Waals surface area contributed by atoms with Crippen LogP contribution in [-0.4, -0.2) is 25.9 Å². The Morgan fingerprint density at radius 1 is 1.41 bits per heavy atom. The lowest BCUT2D eigenvalue weighted by Crippen LogP contribution is -2.42. The van der Waals surface area contributed by atoms with Crippen LogP contribution in [0.5, 0.6) is 0 Å². The maximum atomic E-state index is 3.52. The fraction of sp³-hybridized carbons (Fsp3) is 0.455. The van der Waals surface area contributed by atoms with Gasteiger partial charge in [0.2, 0.25) is 0 Å². The van der Waals surface area contributed by atoms with E-state index in [-0.39, 0.29) is 0 Å². The van der Waals surface area contributed by atoms with Gasteiger partial charge in [0.05, 0.1) is 16.2 Å². The molecular formula is C11H15N5S. The van der Waals surface area contributed by atoms with Crippen LogP contribution in [0.15, 0.2) is 0 Å². The predicted molar refractivity (Wildman–Crippen MR) is 69.6 cm³/mol. The SMILES string of the molecule is C1=c2sc3c(c2=CCN1)CNCC1NNCN31. The van der Waals surface area contributed by atoms with Crippen LogP contribution in [0.25, 0.3) is 12.3 Å². The molecule has 1 fully saturated rings. The molecule has 4 heterocycles. The van der Waals surface area contributed by atoms with Crippen LogP contribution in [0, 0.1) is 0 Å². The Morgan fingerprint density at radius 2 is 2.41 bits per heavy atom. The van der Waals surface area contributed by atoms with Crippen LogP contribution in [0.1, 0.15) is 5.56 Å². The van der Waals surface area contributed by atoms with E-state index in [0.29, 0.717) is 6.17 Å². The van der Waals surface area contributed by atoms with Crippen molar-refractivity contribution < 1.29 is 0 Å². The number of anilines is 1. The Kier molecular flexibility index (Phi) is 2.16. The van der Waals surface area contributed by atoms with Crippen LogP contribution < -0.4 is 36.1 Å². The first-order valence-corrected chi connectivity index (χ1v) is 6.76. The van der Waals surface area contributed by atoms with Gasteiger partial charge in [-0.25, -0.2) is 10.9 Å². The van der Waals surface area contributed by atoms with Gasteiger partial charge in [-0.2, -0.15) is 0 Å². The van der Waals surface area contributed by atoms with Gasteiger partial charge in [0.15, 0.2) is 0 Å². The van der Waals surface area contributed by atoms with Gasteiger partial charge in [0.25, 0.3) is 0 Å². The van der Waals surface area contributed by atoms with E-state index >= 15 is 0 Å². The van der Waals surface area contributed by atoms with Gasteiger partial charge in [-0.1, -0.05) is 6.08 Å². The molecule has 1 aromatic heterocycles. The molecule has 4 rings (SSSR count). The Balaban J connectivity index is 1.94. The second kappa shape index (κ2) is 3.71. The zero-order valence-corrected chi connectivity index (χ0v) is 10.2. The van der Waals surface area contributed by atoms with E-state index in [4.69, 9.17) is 0 Å².